The Morgan fingerprint density at radius 2 is 1.75 bits per heavy atom. The monoisotopic (exact) mass is 222 g/mol. The van der Waals surface area contributed by atoms with Gasteiger partial charge >= 0.3 is 6.03 Å². The second-order valence-corrected chi connectivity index (χ2v) is 5.33. The Kier molecular flexibility index (Phi) is 2.19. The smallest absolute Gasteiger partial charge is 0.323 e. The average molecular weight is 222 g/mol. The Balaban J connectivity index is 1.79. The van der Waals surface area contributed by atoms with Gasteiger partial charge in [0.15, 0.2) is 0 Å². The standard InChI is InChI=1S/C12H18N2O2/c15-10-12(7-4-8-12)13-11(16)14(10)9-5-2-1-3-6-9/h9H,1-8H2,(H,13,16). The van der Waals surface area contributed by atoms with E-state index in [0.29, 0.717) is 0 Å². The summed E-state index contributed by atoms with van der Waals surface area (Å²) in [6.45, 7) is 0. The Morgan fingerprint density at radius 3 is 2.25 bits per heavy atom. The highest BCUT2D eigenvalue weighted by Gasteiger charge is 2.56. The van der Waals surface area contributed by atoms with Gasteiger partial charge < -0.3 is 5.32 Å². The summed E-state index contributed by atoms with van der Waals surface area (Å²) in [5.74, 6) is 0.0515. The van der Waals surface area contributed by atoms with Crippen LogP contribution in [0.4, 0.5) is 4.79 Å². The van der Waals surface area contributed by atoms with E-state index in [-0.39, 0.29) is 18.0 Å². The zero-order valence-corrected chi connectivity index (χ0v) is 9.50. The van der Waals surface area contributed by atoms with Gasteiger partial charge in [-0.1, -0.05) is 19.3 Å². The van der Waals surface area contributed by atoms with E-state index in [9.17, 15) is 9.59 Å². The number of urea groups is 1. The molecule has 4 nitrogen and oxygen atoms in total. The summed E-state index contributed by atoms with van der Waals surface area (Å²) in [5.41, 5.74) is -0.492. The molecule has 2 aliphatic carbocycles. The van der Waals surface area contributed by atoms with Gasteiger partial charge in [-0.05, 0) is 32.1 Å². The molecule has 0 bridgehead atoms. The highest BCUT2D eigenvalue weighted by molar-refractivity contribution is 6.07. The van der Waals surface area contributed by atoms with Crippen LogP contribution in [0.3, 0.4) is 0 Å². The minimum absolute atomic E-state index is 0.0515. The highest BCUT2D eigenvalue weighted by atomic mass is 16.2. The second kappa shape index (κ2) is 3.47. The first-order valence-corrected chi connectivity index (χ1v) is 6.39. The molecule has 0 unspecified atom stereocenters. The van der Waals surface area contributed by atoms with Crippen LogP contribution < -0.4 is 5.32 Å². The van der Waals surface area contributed by atoms with Crippen molar-refractivity contribution in [2.24, 2.45) is 0 Å². The topological polar surface area (TPSA) is 49.4 Å². The molecule has 1 N–H and O–H groups in total. The number of hydrogen-bond donors (Lipinski definition) is 1. The summed E-state index contributed by atoms with van der Waals surface area (Å²) in [5, 5.41) is 2.90. The zero-order valence-electron chi connectivity index (χ0n) is 9.50. The van der Waals surface area contributed by atoms with Crippen molar-refractivity contribution in [2.45, 2.75) is 62.9 Å². The van der Waals surface area contributed by atoms with Crippen LogP contribution in [-0.4, -0.2) is 28.4 Å². The van der Waals surface area contributed by atoms with Crippen molar-refractivity contribution in [3.8, 4) is 0 Å². The van der Waals surface area contributed by atoms with E-state index < -0.39 is 5.54 Å². The number of amides is 3. The van der Waals surface area contributed by atoms with Gasteiger partial charge in [-0.3, -0.25) is 9.69 Å². The molecular formula is C12H18N2O2. The third kappa shape index (κ3) is 1.28. The van der Waals surface area contributed by atoms with Gasteiger partial charge in [0.1, 0.15) is 5.54 Å². The Hall–Kier alpha value is -1.06. The average Bonchev–Trinajstić information content (AvgIpc) is 2.51. The van der Waals surface area contributed by atoms with Crippen molar-refractivity contribution < 1.29 is 9.59 Å². The predicted octanol–water partition coefficient (Wildman–Crippen LogP) is 1.79. The van der Waals surface area contributed by atoms with Crippen molar-refractivity contribution in [2.75, 3.05) is 0 Å². The molecule has 16 heavy (non-hydrogen) atoms. The molecule has 1 aliphatic heterocycles. The van der Waals surface area contributed by atoms with E-state index in [0.717, 1.165) is 44.9 Å². The lowest BCUT2D eigenvalue weighted by Crippen LogP contribution is -2.53. The summed E-state index contributed by atoms with van der Waals surface area (Å²) in [4.78, 5) is 25.7. The van der Waals surface area contributed by atoms with Gasteiger partial charge in [0.2, 0.25) is 0 Å². The molecule has 0 aromatic carbocycles. The molecular weight excluding hydrogens is 204 g/mol. The third-order valence-electron chi connectivity index (χ3n) is 4.34. The normalized spacial score (nSPS) is 29.4. The van der Waals surface area contributed by atoms with Crippen molar-refractivity contribution >= 4 is 11.9 Å². The van der Waals surface area contributed by atoms with Gasteiger partial charge in [-0.15, -0.1) is 0 Å². The van der Waals surface area contributed by atoms with Crippen LogP contribution in [0.1, 0.15) is 51.4 Å². The molecule has 1 saturated heterocycles. The van der Waals surface area contributed by atoms with Gasteiger partial charge in [0.05, 0.1) is 0 Å². The van der Waals surface area contributed by atoms with E-state index in [1.165, 1.54) is 11.3 Å². The van der Waals surface area contributed by atoms with Crippen molar-refractivity contribution in [3.05, 3.63) is 0 Å². The van der Waals surface area contributed by atoms with Crippen molar-refractivity contribution in [1.82, 2.24) is 10.2 Å². The van der Waals surface area contributed by atoms with E-state index in [1.54, 1.807) is 0 Å². The number of nitrogens with zero attached hydrogens (tertiary/aromatic N) is 1. The minimum Gasteiger partial charge on any atom is -0.323 e. The lowest BCUT2D eigenvalue weighted by atomic mass is 9.76. The molecule has 3 amide bonds. The number of carbonyl (C=O) groups excluding carboxylic acids is 2. The Morgan fingerprint density at radius 1 is 1.06 bits per heavy atom. The maximum Gasteiger partial charge on any atom is 0.325 e. The van der Waals surface area contributed by atoms with Crippen molar-refractivity contribution in [1.29, 1.82) is 0 Å². The molecule has 88 valence electrons. The van der Waals surface area contributed by atoms with Crippen LogP contribution >= 0.6 is 0 Å². The molecule has 2 saturated carbocycles. The van der Waals surface area contributed by atoms with Crippen LogP contribution in [-0.2, 0) is 4.79 Å². The Labute approximate surface area is 95.4 Å². The fourth-order valence-electron chi connectivity index (χ4n) is 3.18. The first-order valence-electron chi connectivity index (χ1n) is 6.39. The van der Waals surface area contributed by atoms with Crippen LogP contribution in [0.15, 0.2) is 0 Å². The molecule has 4 heteroatoms. The zero-order chi connectivity index (χ0) is 11.2. The van der Waals surface area contributed by atoms with Crippen molar-refractivity contribution in [3.63, 3.8) is 0 Å². The summed E-state index contributed by atoms with van der Waals surface area (Å²) < 4.78 is 0. The lowest BCUT2D eigenvalue weighted by Gasteiger charge is -2.36. The Bertz CT molecular complexity index is 330. The summed E-state index contributed by atoms with van der Waals surface area (Å²) >= 11 is 0. The maximum absolute atomic E-state index is 12.3. The van der Waals surface area contributed by atoms with Crippen LogP contribution in [0, 0.1) is 0 Å². The number of imide groups is 1. The largest absolute Gasteiger partial charge is 0.325 e. The first-order chi connectivity index (χ1) is 7.73. The van der Waals surface area contributed by atoms with Gasteiger partial charge in [-0.2, -0.15) is 0 Å². The second-order valence-electron chi connectivity index (χ2n) is 5.33. The summed E-state index contributed by atoms with van der Waals surface area (Å²) in [6, 6.07) is 0.0258. The van der Waals surface area contributed by atoms with Crippen LogP contribution in [0.25, 0.3) is 0 Å². The van der Waals surface area contributed by atoms with Gasteiger partial charge in [-0.25, -0.2) is 4.79 Å². The number of carbonyl (C=O) groups is 2. The predicted molar refractivity (Wildman–Crippen MR) is 58.8 cm³/mol. The first kappa shape index (κ1) is 10.1. The van der Waals surface area contributed by atoms with E-state index >= 15 is 0 Å². The highest BCUT2D eigenvalue weighted by Crippen LogP contribution is 2.39. The van der Waals surface area contributed by atoms with E-state index in [1.807, 2.05) is 0 Å². The fraction of sp³-hybridized carbons (Fsp3) is 0.833. The molecule has 3 fully saturated rings. The molecule has 1 spiro atoms. The van der Waals surface area contributed by atoms with Crippen LogP contribution in [0.2, 0.25) is 0 Å². The summed E-state index contributed by atoms with van der Waals surface area (Å²) in [6.07, 6.45) is 8.26. The molecule has 1 heterocycles. The SMILES string of the molecule is O=C1NC2(CCC2)C(=O)N1C1CCCCC1. The molecule has 3 rings (SSSR count). The molecule has 3 aliphatic rings. The number of rotatable bonds is 1. The summed E-state index contributed by atoms with van der Waals surface area (Å²) in [7, 11) is 0. The quantitative estimate of drug-likeness (QED) is 0.688. The van der Waals surface area contributed by atoms with E-state index in [2.05, 4.69) is 5.32 Å². The molecule has 0 aromatic rings. The third-order valence-corrected chi connectivity index (χ3v) is 4.34. The molecule has 0 radical (unpaired) electrons. The van der Waals surface area contributed by atoms with Gasteiger partial charge in [0.25, 0.3) is 5.91 Å². The lowest BCUT2D eigenvalue weighted by molar-refractivity contribution is -0.136. The fourth-order valence-corrected chi connectivity index (χ4v) is 3.18. The van der Waals surface area contributed by atoms with Gasteiger partial charge in [0, 0.05) is 6.04 Å². The maximum atomic E-state index is 12.3. The molecule has 0 atom stereocenters. The van der Waals surface area contributed by atoms with Crippen LogP contribution in [0.5, 0.6) is 0 Å². The van der Waals surface area contributed by atoms with E-state index in [4.69, 9.17) is 0 Å². The minimum atomic E-state index is -0.492. The number of hydrogen-bond acceptors (Lipinski definition) is 2. The molecule has 0 aromatic heterocycles. The number of nitrogens with one attached hydrogen (secondary N) is 1.